The van der Waals surface area contributed by atoms with Crippen molar-refractivity contribution < 1.29 is 10.2 Å². The summed E-state index contributed by atoms with van der Waals surface area (Å²) in [5.41, 5.74) is 1.84. The molecule has 3 rings (SSSR count). The van der Waals surface area contributed by atoms with Gasteiger partial charge in [-0.2, -0.15) is 0 Å². The zero-order valence-corrected chi connectivity index (χ0v) is 13.0. The molecule has 0 spiro atoms. The average Bonchev–Trinajstić information content (AvgIpc) is 2.43. The number of nitrogens with one attached hydrogen (secondary N) is 1. The Kier molecular flexibility index (Phi) is 3.33. The van der Waals surface area contributed by atoms with Crippen molar-refractivity contribution in [3.05, 3.63) is 35.4 Å². The lowest BCUT2D eigenvalue weighted by Crippen LogP contribution is -2.36. The molecule has 2 aromatic rings. The Morgan fingerprint density at radius 3 is 1.62 bits per heavy atom. The normalized spacial score (nSPS) is 21.4. The lowest BCUT2D eigenvalue weighted by atomic mass is 9.79. The quantitative estimate of drug-likeness (QED) is 0.773. The molecule has 3 N–H and O–H groups in total. The van der Waals surface area contributed by atoms with Crippen molar-refractivity contribution in [1.82, 2.24) is 5.32 Å². The largest absolute Gasteiger partial charge is 0.508 e. The SMILES string of the molecule is CC(C)[C@@H]1N[C@@H](C(C)C)c2c(O)ccc3ccc(O)c1c23. The summed E-state index contributed by atoms with van der Waals surface area (Å²) in [5.74, 6) is 1.34. The fourth-order valence-electron chi connectivity index (χ4n) is 3.49. The van der Waals surface area contributed by atoms with Gasteiger partial charge in [0.2, 0.25) is 0 Å². The van der Waals surface area contributed by atoms with Crippen LogP contribution in [0.3, 0.4) is 0 Å². The van der Waals surface area contributed by atoms with E-state index in [-0.39, 0.29) is 12.1 Å². The Bertz CT molecular complexity index is 636. The summed E-state index contributed by atoms with van der Waals surface area (Å²) in [6, 6.07) is 7.55. The summed E-state index contributed by atoms with van der Waals surface area (Å²) < 4.78 is 0. The predicted octanol–water partition coefficient (Wildman–Crippen LogP) is 4.25. The third kappa shape index (κ3) is 2.07. The van der Waals surface area contributed by atoms with Crippen LogP contribution in [0.25, 0.3) is 10.8 Å². The maximum atomic E-state index is 10.4. The van der Waals surface area contributed by atoms with E-state index in [0.29, 0.717) is 23.3 Å². The van der Waals surface area contributed by atoms with Gasteiger partial charge in [-0.1, -0.05) is 39.8 Å². The van der Waals surface area contributed by atoms with E-state index in [1.807, 2.05) is 12.1 Å². The molecule has 2 aromatic carbocycles. The standard InChI is InChI=1S/C18H23NO2/c1-9(2)17-15-12(20)7-5-11-6-8-13(21)16(14(11)15)18(19-17)10(3)4/h5-10,17-21H,1-4H3/t17-,18-/m0/s1. The van der Waals surface area contributed by atoms with Gasteiger partial charge in [0.05, 0.1) is 0 Å². The maximum Gasteiger partial charge on any atom is 0.121 e. The average molecular weight is 285 g/mol. The van der Waals surface area contributed by atoms with E-state index >= 15 is 0 Å². The Morgan fingerprint density at radius 1 is 0.810 bits per heavy atom. The molecule has 0 amide bonds. The van der Waals surface area contributed by atoms with Crippen LogP contribution >= 0.6 is 0 Å². The molecule has 3 nitrogen and oxygen atoms in total. The first-order chi connectivity index (χ1) is 9.91. The number of phenolic OH excluding ortho intramolecular Hbond substituents is 2. The van der Waals surface area contributed by atoms with Crippen LogP contribution in [0.1, 0.15) is 50.9 Å². The van der Waals surface area contributed by atoms with E-state index in [0.717, 1.165) is 21.9 Å². The van der Waals surface area contributed by atoms with Crippen LogP contribution in [0.4, 0.5) is 0 Å². The zero-order valence-electron chi connectivity index (χ0n) is 13.0. The van der Waals surface area contributed by atoms with E-state index in [1.165, 1.54) is 0 Å². The van der Waals surface area contributed by atoms with E-state index in [9.17, 15) is 10.2 Å². The van der Waals surface area contributed by atoms with Gasteiger partial charge in [-0.3, -0.25) is 0 Å². The van der Waals surface area contributed by atoms with Crippen LogP contribution in [0, 0.1) is 11.8 Å². The van der Waals surface area contributed by atoms with E-state index in [4.69, 9.17) is 0 Å². The number of phenols is 2. The molecule has 112 valence electrons. The van der Waals surface area contributed by atoms with Crippen molar-refractivity contribution in [3.63, 3.8) is 0 Å². The fourth-order valence-corrected chi connectivity index (χ4v) is 3.49. The first-order valence-electron chi connectivity index (χ1n) is 7.65. The van der Waals surface area contributed by atoms with Gasteiger partial charge in [0.25, 0.3) is 0 Å². The molecule has 1 heterocycles. The molecular formula is C18H23NO2. The number of hydrogen-bond donors (Lipinski definition) is 3. The van der Waals surface area contributed by atoms with Gasteiger partial charge in [0.15, 0.2) is 0 Å². The van der Waals surface area contributed by atoms with Crippen LogP contribution in [0.15, 0.2) is 24.3 Å². The molecule has 0 aliphatic carbocycles. The number of aromatic hydroxyl groups is 2. The zero-order chi connectivity index (χ0) is 15.3. The summed E-state index contributed by atoms with van der Waals surface area (Å²) >= 11 is 0. The first-order valence-corrected chi connectivity index (χ1v) is 7.65. The molecule has 21 heavy (non-hydrogen) atoms. The third-order valence-electron chi connectivity index (χ3n) is 4.54. The molecule has 0 fully saturated rings. The minimum Gasteiger partial charge on any atom is -0.508 e. The van der Waals surface area contributed by atoms with Crippen molar-refractivity contribution in [2.75, 3.05) is 0 Å². The molecule has 0 saturated carbocycles. The Labute approximate surface area is 125 Å². The van der Waals surface area contributed by atoms with E-state index < -0.39 is 0 Å². The van der Waals surface area contributed by atoms with Gasteiger partial charge < -0.3 is 15.5 Å². The van der Waals surface area contributed by atoms with Crippen molar-refractivity contribution >= 4 is 10.8 Å². The molecule has 0 aromatic heterocycles. The topological polar surface area (TPSA) is 52.5 Å². The smallest absolute Gasteiger partial charge is 0.121 e. The summed E-state index contributed by atoms with van der Waals surface area (Å²) in [4.78, 5) is 0. The molecule has 1 aliphatic heterocycles. The first kappa shape index (κ1) is 14.2. The monoisotopic (exact) mass is 285 g/mol. The maximum absolute atomic E-state index is 10.4. The highest BCUT2D eigenvalue weighted by molar-refractivity contribution is 5.94. The summed E-state index contributed by atoms with van der Waals surface area (Å²) in [7, 11) is 0. The molecule has 0 bridgehead atoms. The summed E-state index contributed by atoms with van der Waals surface area (Å²) in [5, 5.41) is 26.5. The second-order valence-corrected chi connectivity index (χ2v) is 6.70. The third-order valence-corrected chi connectivity index (χ3v) is 4.54. The highest BCUT2D eigenvalue weighted by atomic mass is 16.3. The summed E-state index contributed by atoms with van der Waals surface area (Å²) in [6.45, 7) is 8.62. The van der Waals surface area contributed by atoms with Gasteiger partial charge in [0.1, 0.15) is 11.5 Å². The van der Waals surface area contributed by atoms with E-state index in [1.54, 1.807) is 12.1 Å². The van der Waals surface area contributed by atoms with Gasteiger partial charge >= 0.3 is 0 Å². The minimum atomic E-state index is 0.0930. The molecule has 0 unspecified atom stereocenters. The second kappa shape index (κ2) is 4.92. The second-order valence-electron chi connectivity index (χ2n) is 6.70. The van der Waals surface area contributed by atoms with Gasteiger partial charge in [0, 0.05) is 23.2 Å². The van der Waals surface area contributed by atoms with Crippen LogP contribution in [-0.4, -0.2) is 10.2 Å². The molecule has 0 radical (unpaired) electrons. The number of rotatable bonds is 2. The molecule has 0 saturated heterocycles. The van der Waals surface area contributed by atoms with Gasteiger partial charge in [-0.25, -0.2) is 0 Å². The fraction of sp³-hybridized carbons (Fsp3) is 0.444. The van der Waals surface area contributed by atoms with Gasteiger partial charge in [-0.15, -0.1) is 0 Å². The van der Waals surface area contributed by atoms with Gasteiger partial charge in [-0.05, 0) is 34.7 Å². The van der Waals surface area contributed by atoms with Crippen LogP contribution in [0.5, 0.6) is 11.5 Å². The van der Waals surface area contributed by atoms with Crippen molar-refractivity contribution in [2.45, 2.75) is 39.8 Å². The minimum absolute atomic E-state index is 0.0930. The number of hydrogen-bond acceptors (Lipinski definition) is 3. The highest BCUT2D eigenvalue weighted by Gasteiger charge is 2.34. The van der Waals surface area contributed by atoms with E-state index in [2.05, 4.69) is 33.0 Å². The lowest BCUT2D eigenvalue weighted by Gasteiger charge is -2.38. The predicted molar refractivity (Wildman–Crippen MR) is 85.6 cm³/mol. The molecule has 1 aliphatic rings. The molecular weight excluding hydrogens is 262 g/mol. The Morgan fingerprint density at radius 2 is 1.24 bits per heavy atom. The van der Waals surface area contributed by atoms with Crippen molar-refractivity contribution in [2.24, 2.45) is 11.8 Å². The van der Waals surface area contributed by atoms with Crippen molar-refractivity contribution in [1.29, 1.82) is 0 Å². The van der Waals surface area contributed by atoms with Crippen LogP contribution in [0.2, 0.25) is 0 Å². The Balaban J connectivity index is 2.42. The van der Waals surface area contributed by atoms with Crippen molar-refractivity contribution in [3.8, 4) is 11.5 Å². The summed E-state index contributed by atoms with van der Waals surface area (Å²) in [6.07, 6.45) is 0. The Hall–Kier alpha value is -1.74. The molecule has 2 atom stereocenters. The lowest BCUT2D eigenvalue weighted by molar-refractivity contribution is 0.294. The highest BCUT2D eigenvalue weighted by Crippen LogP contribution is 2.48. The molecule has 3 heteroatoms. The van der Waals surface area contributed by atoms with Crippen LogP contribution < -0.4 is 5.32 Å². The van der Waals surface area contributed by atoms with Crippen LogP contribution in [-0.2, 0) is 0 Å². The number of benzene rings is 2.